The Balaban J connectivity index is 2.41. The van der Waals surface area contributed by atoms with Gasteiger partial charge in [0.1, 0.15) is 11.6 Å². The van der Waals surface area contributed by atoms with Gasteiger partial charge in [-0.3, -0.25) is 0 Å². The Hall–Kier alpha value is -2.11. The van der Waals surface area contributed by atoms with Gasteiger partial charge in [0.25, 0.3) is 0 Å². The monoisotopic (exact) mass is 292 g/mol. The molecule has 0 spiro atoms. The quantitative estimate of drug-likeness (QED) is 0.888. The first-order valence-corrected chi connectivity index (χ1v) is 6.49. The highest BCUT2D eigenvalue weighted by molar-refractivity contribution is 5.47. The van der Waals surface area contributed by atoms with Gasteiger partial charge in [0.05, 0.1) is 25.4 Å². The summed E-state index contributed by atoms with van der Waals surface area (Å²) in [4.78, 5) is 0. The van der Waals surface area contributed by atoms with Gasteiger partial charge >= 0.3 is 0 Å². The summed E-state index contributed by atoms with van der Waals surface area (Å²) in [5.41, 5.74) is 0.764. The molecule has 5 heteroatoms. The number of hydrogen-bond donors (Lipinski definition) is 2. The molecule has 2 N–H and O–H groups in total. The lowest BCUT2D eigenvalue weighted by Gasteiger charge is -2.16. The van der Waals surface area contributed by atoms with Crippen molar-refractivity contribution in [2.75, 3.05) is 7.11 Å². The van der Waals surface area contributed by atoms with Crippen LogP contribution >= 0.6 is 0 Å². The van der Waals surface area contributed by atoms with Crippen LogP contribution in [0.25, 0.3) is 0 Å². The van der Waals surface area contributed by atoms with Gasteiger partial charge < -0.3 is 19.7 Å². The third kappa shape index (κ3) is 3.32. The number of methoxy groups -OCH3 is 1. The number of aliphatic hydroxyl groups excluding tert-OH is 2. The third-order valence-electron chi connectivity index (χ3n) is 3.06. The van der Waals surface area contributed by atoms with Crippen molar-refractivity contribution in [2.45, 2.75) is 19.6 Å². The molecular weight excluding hydrogens is 275 g/mol. The van der Waals surface area contributed by atoms with Gasteiger partial charge in [-0.2, -0.15) is 0 Å². The SMILES string of the molecule is COc1cc(CO)ccc1Oc1cccc(F)c1[C@@H](C)O. The smallest absolute Gasteiger partial charge is 0.169 e. The molecule has 0 amide bonds. The highest BCUT2D eigenvalue weighted by atomic mass is 19.1. The fraction of sp³-hybridized carbons (Fsp3) is 0.250. The van der Waals surface area contributed by atoms with E-state index >= 15 is 0 Å². The molecule has 112 valence electrons. The number of rotatable bonds is 5. The molecule has 0 unspecified atom stereocenters. The van der Waals surface area contributed by atoms with Crippen molar-refractivity contribution in [3.63, 3.8) is 0 Å². The number of aliphatic hydroxyl groups is 2. The lowest BCUT2D eigenvalue weighted by molar-refractivity contribution is 0.190. The number of ether oxygens (including phenoxy) is 2. The van der Waals surface area contributed by atoms with Gasteiger partial charge in [-0.05, 0) is 36.8 Å². The van der Waals surface area contributed by atoms with Crippen molar-refractivity contribution < 1.29 is 24.1 Å². The van der Waals surface area contributed by atoms with Crippen molar-refractivity contribution in [2.24, 2.45) is 0 Å². The molecule has 2 rings (SSSR count). The summed E-state index contributed by atoms with van der Waals surface area (Å²) in [7, 11) is 1.48. The minimum absolute atomic E-state index is 0.0887. The Bertz CT molecular complexity index is 626. The van der Waals surface area contributed by atoms with Crippen LogP contribution in [0.3, 0.4) is 0 Å². The van der Waals surface area contributed by atoms with E-state index in [9.17, 15) is 9.50 Å². The first-order valence-electron chi connectivity index (χ1n) is 6.49. The van der Waals surface area contributed by atoms with Crippen molar-refractivity contribution in [1.82, 2.24) is 0 Å². The van der Waals surface area contributed by atoms with E-state index in [1.54, 1.807) is 24.3 Å². The van der Waals surface area contributed by atoms with Crippen LogP contribution in [0, 0.1) is 5.82 Å². The summed E-state index contributed by atoms with van der Waals surface area (Å²) in [5, 5.41) is 18.8. The lowest BCUT2D eigenvalue weighted by atomic mass is 10.1. The first kappa shape index (κ1) is 15.3. The van der Waals surface area contributed by atoms with Crippen LogP contribution in [-0.2, 0) is 6.61 Å². The van der Waals surface area contributed by atoms with Gasteiger partial charge in [-0.25, -0.2) is 4.39 Å². The summed E-state index contributed by atoms with van der Waals surface area (Å²) in [6.07, 6.45) is -0.996. The van der Waals surface area contributed by atoms with Crippen LogP contribution in [0.4, 0.5) is 4.39 Å². The highest BCUT2D eigenvalue weighted by Crippen LogP contribution is 2.36. The van der Waals surface area contributed by atoms with Crippen molar-refractivity contribution >= 4 is 0 Å². The van der Waals surface area contributed by atoms with Crippen LogP contribution in [0.2, 0.25) is 0 Å². The molecule has 2 aromatic carbocycles. The zero-order valence-corrected chi connectivity index (χ0v) is 11.8. The Morgan fingerprint density at radius 2 is 1.90 bits per heavy atom. The van der Waals surface area contributed by atoms with Crippen LogP contribution in [0.1, 0.15) is 24.2 Å². The fourth-order valence-corrected chi connectivity index (χ4v) is 2.02. The summed E-state index contributed by atoms with van der Waals surface area (Å²) in [5.74, 6) is 0.484. The Labute approximate surface area is 122 Å². The van der Waals surface area contributed by atoms with Gasteiger partial charge in [0.15, 0.2) is 11.5 Å². The first-order chi connectivity index (χ1) is 10.1. The second-order valence-corrected chi connectivity index (χ2v) is 4.57. The lowest BCUT2D eigenvalue weighted by Crippen LogP contribution is -2.01. The third-order valence-corrected chi connectivity index (χ3v) is 3.06. The maximum absolute atomic E-state index is 13.8. The summed E-state index contributed by atoms with van der Waals surface area (Å²) in [6.45, 7) is 1.35. The van der Waals surface area contributed by atoms with Crippen molar-refractivity contribution in [3.8, 4) is 17.2 Å². The number of halogens is 1. The standard InChI is InChI=1S/C16H17FO4/c1-10(19)16-12(17)4-3-5-14(16)21-13-7-6-11(9-18)8-15(13)20-2/h3-8,10,18-19H,9H2,1-2H3/t10-/m1/s1. The van der Waals surface area contributed by atoms with E-state index in [1.165, 1.54) is 26.2 Å². The average Bonchev–Trinajstić information content (AvgIpc) is 2.47. The normalized spacial score (nSPS) is 12.0. The summed E-state index contributed by atoms with van der Waals surface area (Å²) in [6, 6.07) is 9.29. The van der Waals surface area contributed by atoms with Crippen molar-refractivity contribution in [3.05, 3.63) is 53.3 Å². The van der Waals surface area contributed by atoms with E-state index in [1.807, 2.05) is 0 Å². The van der Waals surface area contributed by atoms with Crippen molar-refractivity contribution in [1.29, 1.82) is 0 Å². The minimum atomic E-state index is -0.996. The summed E-state index contributed by atoms with van der Waals surface area (Å²) < 4.78 is 24.7. The molecule has 21 heavy (non-hydrogen) atoms. The van der Waals surface area contributed by atoms with Gasteiger partial charge in [0, 0.05) is 0 Å². The minimum Gasteiger partial charge on any atom is -0.493 e. The maximum Gasteiger partial charge on any atom is 0.169 e. The average molecular weight is 292 g/mol. The predicted octanol–water partition coefficient (Wildman–Crippen LogP) is 3.17. The largest absolute Gasteiger partial charge is 0.493 e. The molecule has 0 aromatic heterocycles. The molecule has 0 aliphatic carbocycles. The molecule has 0 saturated carbocycles. The summed E-state index contributed by atoms with van der Waals surface area (Å²) >= 11 is 0. The van der Waals surface area contributed by atoms with Crippen LogP contribution in [0.15, 0.2) is 36.4 Å². The molecule has 0 heterocycles. The van der Waals surface area contributed by atoms with E-state index in [0.717, 1.165) is 0 Å². The Kier molecular flexibility index (Phi) is 4.77. The topological polar surface area (TPSA) is 58.9 Å². The zero-order valence-electron chi connectivity index (χ0n) is 11.8. The van der Waals surface area contributed by atoms with Crippen LogP contribution < -0.4 is 9.47 Å². The van der Waals surface area contributed by atoms with E-state index in [2.05, 4.69) is 0 Å². The van der Waals surface area contributed by atoms with E-state index in [0.29, 0.717) is 17.1 Å². The molecule has 0 aliphatic rings. The van der Waals surface area contributed by atoms with Gasteiger partial charge in [0.2, 0.25) is 0 Å². The molecule has 0 radical (unpaired) electrons. The van der Waals surface area contributed by atoms with E-state index < -0.39 is 11.9 Å². The highest BCUT2D eigenvalue weighted by Gasteiger charge is 2.16. The van der Waals surface area contributed by atoms with Crippen LogP contribution in [-0.4, -0.2) is 17.3 Å². The Morgan fingerprint density at radius 3 is 2.52 bits per heavy atom. The van der Waals surface area contributed by atoms with Gasteiger partial charge in [-0.15, -0.1) is 0 Å². The van der Waals surface area contributed by atoms with Crippen LogP contribution in [0.5, 0.6) is 17.2 Å². The number of hydrogen-bond acceptors (Lipinski definition) is 4. The predicted molar refractivity (Wildman–Crippen MR) is 76.0 cm³/mol. The molecular formula is C16H17FO4. The second-order valence-electron chi connectivity index (χ2n) is 4.57. The van der Waals surface area contributed by atoms with Gasteiger partial charge in [-0.1, -0.05) is 12.1 Å². The molecule has 0 bridgehead atoms. The second kappa shape index (κ2) is 6.56. The Morgan fingerprint density at radius 1 is 1.14 bits per heavy atom. The fourth-order valence-electron chi connectivity index (χ4n) is 2.02. The zero-order chi connectivity index (χ0) is 15.4. The molecule has 0 aliphatic heterocycles. The van der Waals surface area contributed by atoms with E-state index in [-0.39, 0.29) is 17.9 Å². The molecule has 1 atom stereocenters. The molecule has 0 saturated heterocycles. The molecule has 4 nitrogen and oxygen atoms in total. The maximum atomic E-state index is 13.8. The molecule has 0 fully saturated rings. The number of benzene rings is 2. The molecule has 2 aromatic rings. The van der Waals surface area contributed by atoms with E-state index in [4.69, 9.17) is 14.6 Å².